The number of hydrogen-bond donors (Lipinski definition) is 3. The van der Waals surface area contributed by atoms with Crippen molar-refractivity contribution in [3.05, 3.63) is 0 Å². The van der Waals surface area contributed by atoms with Crippen LogP contribution in [0.5, 0.6) is 0 Å². The lowest BCUT2D eigenvalue weighted by Crippen LogP contribution is -2.49. The number of aliphatic hydroxyl groups excluding tert-OH is 1. The van der Waals surface area contributed by atoms with Crippen molar-refractivity contribution in [3.8, 4) is 0 Å². The molecular weight excluding hydrogens is 192 g/mol. The molecule has 0 aromatic carbocycles. The lowest BCUT2D eigenvalue weighted by atomic mass is 9.85. The van der Waals surface area contributed by atoms with Gasteiger partial charge in [-0.05, 0) is 19.3 Å². The third-order valence-corrected chi connectivity index (χ3v) is 2.39. The summed E-state index contributed by atoms with van der Waals surface area (Å²) >= 11 is 0. The third kappa shape index (κ3) is 5.74. The van der Waals surface area contributed by atoms with Crippen LogP contribution in [0, 0.1) is 5.41 Å². The smallest absolute Gasteiger partial charge is 0.222 e. The Kier molecular flexibility index (Phi) is 4.74. The van der Waals surface area contributed by atoms with Crippen molar-refractivity contribution < 1.29 is 9.90 Å². The van der Waals surface area contributed by atoms with E-state index in [1.54, 1.807) is 13.8 Å². The second-order valence-corrected chi connectivity index (χ2v) is 5.77. The molecule has 0 rings (SSSR count). The van der Waals surface area contributed by atoms with Crippen LogP contribution in [0.4, 0.5) is 0 Å². The van der Waals surface area contributed by atoms with Gasteiger partial charge in [-0.2, -0.15) is 0 Å². The quantitative estimate of drug-likeness (QED) is 0.645. The first-order valence-electron chi connectivity index (χ1n) is 5.26. The Morgan fingerprint density at radius 2 is 1.80 bits per heavy atom. The minimum absolute atomic E-state index is 0.0799. The number of amides is 1. The molecule has 90 valence electrons. The van der Waals surface area contributed by atoms with Crippen molar-refractivity contribution in [2.24, 2.45) is 11.1 Å². The third-order valence-electron chi connectivity index (χ3n) is 2.39. The van der Waals surface area contributed by atoms with Gasteiger partial charge < -0.3 is 16.2 Å². The predicted octanol–water partition coefficient (Wildman–Crippen LogP) is 0.637. The summed E-state index contributed by atoms with van der Waals surface area (Å²) in [4.78, 5) is 11.6. The fraction of sp³-hybridized carbons (Fsp3) is 0.909. The first kappa shape index (κ1) is 14.4. The van der Waals surface area contributed by atoms with Crippen molar-refractivity contribution >= 4 is 5.91 Å². The Labute approximate surface area is 92.2 Å². The molecular formula is C11H24N2O2. The van der Waals surface area contributed by atoms with Crippen molar-refractivity contribution in [3.63, 3.8) is 0 Å². The highest BCUT2D eigenvalue weighted by molar-refractivity contribution is 5.77. The van der Waals surface area contributed by atoms with E-state index in [1.165, 1.54) is 0 Å². The van der Waals surface area contributed by atoms with E-state index in [0.717, 1.165) is 0 Å². The average molecular weight is 216 g/mol. The fourth-order valence-electron chi connectivity index (χ4n) is 0.974. The molecule has 0 saturated carbocycles. The van der Waals surface area contributed by atoms with Crippen LogP contribution in [0.15, 0.2) is 0 Å². The molecule has 0 aromatic heterocycles. The minimum Gasteiger partial charge on any atom is -0.394 e. The first-order valence-corrected chi connectivity index (χ1v) is 5.26. The van der Waals surface area contributed by atoms with E-state index in [-0.39, 0.29) is 30.4 Å². The van der Waals surface area contributed by atoms with E-state index in [2.05, 4.69) is 5.32 Å². The van der Waals surface area contributed by atoms with Crippen LogP contribution in [0.25, 0.3) is 0 Å². The van der Waals surface area contributed by atoms with E-state index < -0.39 is 5.54 Å². The van der Waals surface area contributed by atoms with Gasteiger partial charge >= 0.3 is 0 Å². The highest BCUT2D eigenvalue weighted by Crippen LogP contribution is 2.19. The van der Waals surface area contributed by atoms with Crippen LogP contribution in [-0.4, -0.2) is 29.2 Å². The Hall–Kier alpha value is -0.610. The molecule has 0 radical (unpaired) electrons. The Bertz CT molecular complexity index is 219. The monoisotopic (exact) mass is 216 g/mol. The van der Waals surface area contributed by atoms with Gasteiger partial charge in [0.25, 0.3) is 0 Å². The molecule has 1 unspecified atom stereocenters. The number of nitrogens with two attached hydrogens (primary N) is 1. The maximum absolute atomic E-state index is 11.6. The fourth-order valence-corrected chi connectivity index (χ4v) is 0.974. The summed E-state index contributed by atoms with van der Waals surface area (Å²) in [6.07, 6.45) is 0.285. The number of carbonyl (C=O) groups excluding carboxylic acids is 1. The highest BCUT2D eigenvalue weighted by Gasteiger charge is 2.25. The van der Waals surface area contributed by atoms with Crippen LogP contribution in [0.2, 0.25) is 0 Å². The van der Waals surface area contributed by atoms with Gasteiger partial charge in [0.2, 0.25) is 5.91 Å². The maximum atomic E-state index is 11.6. The van der Waals surface area contributed by atoms with Crippen LogP contribution in [0.3, 0.4) is 0 Å². The molecule has 4 heteroatoms. The van der Waals surface area contributed by atoms with Gasteiger partial charge in [-0.1, -0.05) is 20.8 Å². The average Bonchev–Trinajstić information content (AvgIpc) is 2.01. The highest BCUT2D eigenvalue weighted by atomic mass is 16.3. The van der Waals surface area contributed by atoms with E-state index in [1.807, 2.05) is 20.8 Å². The molecule has 0 heterocycles. The molecule has 0 aliphatic heterocycles. The van der Waals surface area contributed by atoms with E-state index in [0.29, 0.717) is 0 Å². The van der Waals surface area contributed by atoms with Gasteiger partial charge in [0, 0.05) is 12.5 Å². The Balaban J connectivity index is 4.17. The molecule has 1 amide bonds. The Morgan fingerprint density at radius 3 is 2.13 bits per heavy atom. The van der Waals surface area contributed by atoms with Crippen LogP contribution in [0.1, 0.15) is 41.0 Å². The summed E-state index contributed by atoms with van der Waals surface area (Å²) < 4.78 is 0. The summed E-state index contributed by atoms with van der Waals surface area (Å²) in [6, 6.07) is -0.174. The van der Waals surface area contributed by atoms with Gasteiger partial charge in [0.1, 0.15) is 0 Å². The number of rotatable bonds is 4. The zero-order chi connectivity index (χ0) is 12.3. The summed E-state index contributed by atoms with van der Waals surface area (Å²) in [7, 11) is 0. The van der Waals surface area contributed by atoms with Crippen molar-refractivity contribution in [1.29, 1.82) is 0 Å². The molecule has 0 fully saturated rings. The molecule has 15 heavy (non-hydrogen) atoms. The minimum atomic E-state index is -0.575. The molecule has 0 spiro atoms. The summed E-state index contributed by atoms with van der Waals surface area (Å²) in [5, 5.41) is 11.7. The number of hydrogen-bond acceptors (Lipinski definition) is 3. The van der Waals surface area contributed by atoms with E-state index >= 15 is 0 Å². The largest absolute Gasteiger partial charge is 0.394 e. The zero-order valence-corrected chi connectivity index (χ0v) is 10.4. The molecule has 0 bridgehead atoms. The number of nitrogens with one attached hydrogen (secondary N) is 1. The normalized spacial score (nSPS) is 14.9. The molecule has 0 aliphatic carbocycles. The van der Waals surface area contributed by atoms with Gasteiger partial charge in [-0.25, -0.2) is 0 Å². The number of aliphatic hydroxyl groups is 1. The van der Waals surface area contributed by atoms with Crippen molar-refractivity contribution in [1.82, 2.24) is 5.32 Å². The predicted molar refractivity (Wildman–Crippen MR) is 61.4 cm³/mol. The summed E-state index contributed by atoms with van der Waals surface area (Å²) in [5.74, 6) is -0.114. The molecule has 4 N–H and O–H groups in total. The second-order valence-electron chi connectivity index (χ2n) is 5.77. The standard InChI is InChI=1S/C11H24N2O2/c1-10(2,3)8(12)6-9(15)13-11(4,5)7-14/h8,14H,6-7,12H2,1-5H3,(H,13,15). The van der Waals surface area contributed by atoms with Crippen molar-refractivity contribution in [2.75, 3.05) is 6.61 Å². The topological polar surface area (TPSA) is 75.3 Å². The van der Waals surface area contributed by atoms with Gasteiger partial charge in [-0.3, -0.25) is 4.79 Å². The zero-order valence-electron chi connectivity index (χ0n) is 10.4. The first-order chi connectivity index (χ1) is 6.58. The summed E-state index contributed by atoms with van der Waals surface area (Å²) in [6.45, 7) is 9.47. The number of carbonyl (C=O) groups is 1. The van der Waals surface area contributed by atoms with E-state index in [9.17, 15) is 4.79 Å². The van der Waals surface area contributed by atoms with Gasteiger partial charge in [0.05, 0.1) is 12.1 Å². The lowest BCUT2D eigenvalue weighted by Gasteiger charge is -2.29. The lowest BCUT2D eigenvalue weighted by molar-refractivity contribution is -0.124. The summed E-state index contributed by atoms with van der Waals surface area (Å²) in [5.41, 5.74) is 5.23. The molecule has 0 aromatic rings. The SMILES string of the molecule is CC(C)(CO)NC(=O)CC(N)C(C)(C)C. The Morgan fingerprint density at radius 1 is 1.33 bits per heavy atom. The second kappa shape index (κ2) is 4.94. The van der Waals surface area contributed by atoms with Gasteiger partial charge in [0.15, 0.2) is 0 Å². The van der Waals surface area contributed by atoms with Crippen LogP contribution in [-0.2, 0) is 4.79 Å². The molecule has 4 nitrogen and oxygen atoms in total. The van der Waals surface area contributed by atoms with E-state index in [4.69, 9.17) is 10.8 Å². The van der Waals surface area contributed by atoms with Crippen LogP contribution < -0.4 is 11.1 Å². The van der Waals surface area contributed by atoms with Crippen molar-refractivity contribution in [2.45, 2.75) is 52.6 Å². The molecule has 1 atom stereocenters. The molecule has 0 aliphatic rings. The van der Waals surface area contributed by atoms with Gasteiger partial charge in [-0.15, -0.1) is 0 Å². The maximum Gasteiger partial charge on any atom is 0.222 e. The molecule has 0 saturated heterocycles. The van der Waals surface area contributed by atoms with Crippen LogP contribution >= 0.6 is 0 Å².